The van der Waals surface area contributed by atoms with Crippen molar-refractivity contribution in [3.05, 3.63) is 36.3 Å². The highest BCUT2D eigenvalue weighted by atomic mass is 16.5. The van der Waals surface area contributed by atoms with Crippen molar-refractivity contribution < 1.29 is 4.74 Å². The second-order valence-corrected chi connectivity index (χ2v) is 3.92. The summed E-state index contributed by atoms with van der Waals surface area (Å²) in [5.41, 5.74) is 1.95. The first-order valence-electron chi connectivity index (χ1n) is 5.30. The lowest BCUT2D eigenvalue weighted by Crippen LogP contribution is -2.07. The normalized spacial score (nSPS) is 10.8. The second kappa shape index (κ2) is 4.35. The minimum absolute atomic E-state index is 0.127. The molecule has 0 saturated carbocycles. The second-order valence-electron chi connectivity index (χ2n) is 3.92. The Morgan fingerprint density at radius 3 is 2.75 bits per heavy atom. The van der Waals surface area contributed by atoms with Crippen LogP contribution in [0.25, 0.3) is 5.69 Å². The molecule has 0 fully saturated rings. The molecule has 2 aromatic rings. The highest BCUT2D eigenvalue weighted by Crippen LogP contribution is 2.14. The van der Waals surface area contributed by atoms with Crippen molar-refractivity contribution in [3.63, 3.8) is 0 Å². The van der Waals surface area contributed by atoms with Crippen LogP contribution in [0.15, 0.2) is 30.6 Å². The van der Waals surface area contributed by atoms with Gasteiger partial charge in [0.05, 0.1) is 17.5 Å². The largest absolute Gasteiger partial charge is 0.475 e. The summed E-state index contributed by atoms with van der Waals surface area (Å²) in [6, 6.07) is 5.75. The van der Waals surface area contributed by atoms with E-state index >= 15 is 0 Å². The number of hydrogen-bond donors (Lipinski definition) is 0. The number of rotatable bonds is 3. The van der Waals surface area contributed by atoms with Crippen LogP contribution < -0.4 is 4.74 Å². The third-order valence-electron chi connectivity index (χ3n) is 2.06. The zero-order valence-electron chi connectivity index (χ0n) is 9.71. The Bertz CT molecular complexity index is 477. The maximum atomic E-state index is 5.53. The number of aromatic nitrogens is 3. The van der Waals surface area contributed by atoms with Crippen molar-refractivity contribution in [3.8, 4) is 11.6 Å². The van der Waals surface area contributed by atoms with Crippen molar-refractivity contribution in [2.45, 2.75) is 26.9 Å². The molecular formula is C12H15N3O. The van der Waals surface area contributed by atoms with Crippen molar-refractivity contribution in [1.82, 2.24) is 14.8 Å². The van der Waals surface area contributed by atoms with Crippen LogP contribution in [0.3, 0.4) is 0 Å². The first kappa shape index (κ1) is 10.7. The minimum atomic E-state index is 0.127. The van der Waals surface area contributed by atoms with Crippen LogP contribution >= 0.6 is 0 Å². The van der Waals surface area contributed by atoms with Gasteiger partial charge in [-0.2, -0.15) is 5.10 Å². The summed E-state index contributed by atoms with van der Waals surface area (Å²) in [7, 11) is 0. The summed E-state index contributed by atoms with van der Waals surface area (Å²) < 4.78 is 7.34. The maximum Gasteiger partial charge on any atom is 0.215 e. The van der Waals surface area contributed by atoms with E-state index in [9.17, 15) is 0 Å². The highest BCUT2D eigenvalue weighted by molar-refractivity contribution is 5.33. The van der Waals surface area contributed by atoms with Crippen molar-refractivity contribution in [2.24, 2.45) is 0 Å². The maximum absolute atomic E-state index is 5.53. The zero-order valence-corrected chi connectivity index (χ0v) is 9.71. The lowest BCUT2D eigenvalue weighted by atomic mass is 10.4. The molecule has 0 aliphatic heterocycles. The van der Waals surface area contributed by atoms with Gasteiger partial charge in [-0.15, -0.1) is 0 Å². The molecule has 0 radical (unpaired) electrons. The predicted molar refractivity (Wildman–Crippen MR) is 61.9 cm³/mol. The molecule has 2 heterocycles. The van der Waals surface area contributed by atoms with Gasteiger partial charge < -0.3 is 4.74 Å². The quantitative estimate of drug-likeness (QED) is 0.792. The third kappa shape index (κ3) is 2.39. The smallest absolute Gasteiger partial charge is 0.215 e. The summed E-state index contributed by atoms with van der Waals surface area (Å²) in [5.74, 6) is 0.626. The average molecular weight is 217 g/mol. The van der Waals surface area contributed by atoms with E-state index in [1.54, 1.807) is 6.20 Å². The van der Waals surface area contributed by atoms with Gasteiger partial charge in [0.25, 0.3) is 0 Å². The number of nitrogens with zero attached hydrogens (tertiary/aromatic N) is 3. The highest BCUT2D eigenvalue weighted by Gasteiger charge is 2.03. The number of hydrogen-bond acceptors (Lipinski definition) is 3. The topological polar surface area (TPSA) is 39.9 Å². The van der Waals surface area contributed by atoms with Gasteiger partial charge in [0.15, 0.2) is 0 Å². The van der Waals surface area contributed by atoms with E-state index in [1.807, 2.05) is 49.8 Å². The minimum Gasteiger partial charge on any atom is -0.475 e. The van der Waals surface area contributed by atoms with Crippen LogP contribution in [0.4, 0.5) is 0 Å². The zero-order chi connectivity index (χ0) is 11.5. The van der Waals surface area contributed by atoms with E-state index in [2.05, 4.69) is 10.1 Å². The van der Waals surface area contributed by atoms with E-state index < -0.39 is 0 Å². The summed E-state index contributed by atoms with van der Waals surface area (Å²) in [5, 5.41) is 4.33. The third-order valence-corrected chi connectivity index (χ3v) is 2.06. The van der Waals surface area contributed by atoms with Gasteiger partial charge in [-0.05, 0) is 32.9 Å². The average Bonchev–Trinajstić information content (AvgIpc) is 2.64. The molecule has 4 heteroatoms. The predicted octanol–water partition coefficient (Wildman–Crippen LogP) is 2.36. The Morgan fingerprint density at radius 2 is 2.12 bits per heavy atom. The fourth-order valence-corrected chi connectivity index (χ4v) is 1.41. The van der Waals surface area contributed by atoms with E-state index in [1.165, 1.54) is 0 Å². The number of ether oxygens (including phenoxy) is 1. The molecular weight excluding hydrogens is 202 g/mol. The Hall–Kier alpha value is -1.84. The molecule has 0 amide bonds. The molecule has 2 rings (SSSR count). The first-order chi connectivity index (χ1) is 7.65. The van der Waals surface area contributed by atoms with Crippen LogP contribution in [0.5, 0.6) is 5.88 Å². The van der Waals surface area contributed by atoms with Gasteiger partial charge in [0.2, 0.25) is 5.88 Å². The first-order valence-corrected chi connectivity index (χ1v) is 5.30. The van der Waals surface area contributed by atoms with Gasteiger partial charge in [-0.1, -0.05) is 0 Å². The van der Waals surface area contributed by atoms with Crippen molar-refractivity contribution in [2.75, 3.05) is 0 Å². The van der Waals surface area contributed by atoms with E-state index in [4.69, 9.17) is 4.74 Å². The SMILES string of the molecule is Cc1ccn(-c2ccnc(OC(C)C)c2)n1. The van der Waals surface area contributed by atoms with Crippen LogP contribution in [0.1, 0.15) is 19.5 Å². The molecule has 0 saturated heterocycles. The Kier molecular flexibility index (Phi) is 2.90. The molecule has 16 heavy (non-hydrogen) atoms. The molecule has 4 nitrogen and oxygen atoms in total. The number of aryl methyl sites for hydroxylation is 1. The van der Waals surface area contributed by atoms with Crippen LogP contribution in [-0.2, 0) is 0 Å². The van der Waals surface area contributed by atoms with Gasteiger partial charge in [-0.3, -0.25) is 0 Å². The Labute approximate surface area is 94.9 Å². The van der Waals surface area contributed by atoms with Crippen LogP contribution in [-0.4, -0.2) is 20.9 Å². The monoisotopic (exact) mass is 217 g/mol. The molecule has 0 aliphatic carbocycles. The van der Waals surface area contributed by atoms with Crippen LogP contribution in [0.2, 0.25) is 0 Å². The standard InChI is InChI=1S/C12H15N3O/c1-9(2)16-12-8-11(4-6-13-12)15-7-5-10(3)14-15/h4-9H,1-3H3. The molecule has 0 spiro atoms. The molecule has 0 unspecified atom stereocenters. The molecule has 0 N–H and O–H groups in total. The molecule has 2 aromatic heterocycles. The molecule has 0 bridgehead atoms. The fourth-order valence-electron chi connectivity index (χ4n) is 1.41. The van der Waals surface area contributed by atoms with E-state index in [0.29, 0.717) is 5.88 Å². The Balaban J connectivity index is 2.28. The summed E-state index contributed by atoms with van der Waals surface area (Å²) in [6.45, 7) is 5.92. The van der Waals surface area contributed by atoms with E-state index in [0.717, 1.165) is 11.4 Å². The fraction of sp³-hybridized carbons (Fsp3) is 0.333. The summed E-state index contributed by atoms with van der Waals surface area (Å²) in [4.78, 5) is 4.15. The molecule has 0 aliphatic rings. The molecule has 0 aromatic carbocycles. The molecule has 84 valence electrons. The lowest BCUT2D eigenvalue weighted by molar-refractivity contribution is 0.232. The van der Waals surface area contributed by atoms with Gasteiger partial charge in [0, 0.05) is 18.5 Å². The van der Waals surface area contributed by atoms with Crippen molar-refractivity contribution in [1.29, 1.82) is 0 Å². The Morgan fingerprint density at radius 1 is 1.31 bits per heavy atom. The lowest BCUT2D eigenvalue weighted by Gasteiger charge is -2.09. The summed E-state index contributed by atoms with van der Waals surface area (Å²) in [6.07, 6.45) is 3.77. The van der Waals surface area contributed by atoms with Gasteiger partial charge >= 0.3 is 0 Å². The van der Waals surface area contributed by atoms with Crippen LogP contribution in [0, 0.1) is 6.92 Å². The summed E-state index contributed by atoms with van der Waals surface area (Å²) >= 11 is 0. The van der Waals surface area contributed by atoms with Gasteiger partial charge in [0.1, 0.15) is 0 Å². The van der Waals surface area contributed by atoms with Crippen molar-refractivity contribution >= 4 is 0 Å². The van der Waals surface area contributed by atoms with E-state index in [-0.39, 0.29) is 6.10 Å². The molecule has 0 atom stereocenters. The van der Waals surface area contributed by atoms with Gasteiger partial charge in [-0.25, -0.2) is 9.67 Å². The number of pyridine rings is 1.